The molecular formula is C9H13N3O. The summed E-state index contributed by atoms with van der Waals surface area (Å²) < 4.78 is 0. The molecule has 0 aliphatic carbocycles. The molecule has 13 heavy (non-hydrogen) atoms. The Labute approximate surface area is 77.2 Å². The van der Waals surface area contributed by atoms with Gasteiger partial charge < -0.3 is 10.0 Å². The van der Waals surface area contributed by atoms with E-state index in [0.717, 1.165) is 24.6 Å². The number of rotatable bonds is 2. The minimum absolute atomic E-state index is 0.0808. The van der Waals surface area contributed by atoms with Crippen LogP contribution in [0.3, 0.4) is 0 Å². The standard InChI is InChI=1S/C9H13N3O/c1-7-5-9(12-3-2-4-12)11-8(6-13)10-7/h5,13H,2-4,6H2,1H3. The van der Waals surface area contributed by atoms with Crippen LogP contribution in [0.25, 0.3) is 0 Å². The summed E-state index contributed by atoms with van der Waals surface area (Å²) in [5, 5.41) is 8.92. The minimum Gasteiger partial charge on any atom is -0.388 e. The average molecular weight is 179 g/mol. The van der Waals surface area contributed by atoms with Crippen molar-refractivity contribution in [3.8, 4) is 0 Å². The summed E-state index contributed by atoms with van der Waals surface area (Å²) in [5.41, 5.74) is 0.918. The van der Waals surface area contributed by atoms with Crippen LogP contribution < -0.4 is 4.90 Å². The van der Waals surface area contributed by atoms with Gasteiger partial charge >= 0.3 is 0 Å². The summed E-state index contributed by atoms with van der Waals surface area (Å²) in [5.74, 6) is 1.46. The van der Waals surface area contributed by atoms with E-state index in [1.54, 1.807) is 0 Å². The molecule has 1 aliphatic rings. The number of nitrogens with zero attached hydrogens (tertiary/aromatic N) is 3. The quantitative estimate of drug-likeness (QED) is 0.717. The van der Waals surface area contributed by atoms with E-state index in [0.29, 0.717) is 5.82 Å². The number of hydrogen-bond donors (Lipinski definition) is 1. The average Bonchev–Trinajstić information content (AvgIpc) is 2.00. The molecule has 1 aromatic heterocycles. The van der Waals surface area contributed by atoms with Gasteiger partial charge in [-0.3, -0.25) is 0 Å². The Bertz CT molecular complexity index is 310. The molecule has 1 aliphatic heterocycles. The monoisotopic (exact) mass is 179 g/mol. The highest BCUT2D eigenvalue weighted by Crippen LogP contribution is 2.18. The first-order chi connectivity index (χ1) is 6.29. The number of aliphatic hydroxyl groups excluding tert-OH is 1. The second kappa shape index (κ2) is 3.30. The van der Waals surface area contributed by atoms with E-state index in [1.165, 1.54) is 6.42 Å². The number of aliphatic hydroxyl groups is 1. The third kappa shape index (κ3) is 1.62. The lowest BCUT2D eigenvalue weighted by Crippen LogP contribution is -2.37. The Morgan fingerprint density at radius 1 is 1.46 bits per heavy atom. The molecule has 0 amide bonds. The first-order valence-corrected chi connectivity index (χ1v) is 4.50. The van der Waals surface area contributed by atoms with Gasteiger partial charge in [0.2, 0.25) is 0 Å². The summed E-state index contributed by atoms with van der Waals surface area (Å²) in [6.45, 7) is 3.98. The van der Waals surface area contributed by atoms with Crippen molar-refractivity contribution < 1.29 is 5.11 Å². The Kier molecular flexibility index (Phi) is 2.14. The molecule has 1 fully saturated rings. The van der Waals surface area contributed by atoms with Gasteiger partial charge in [-0.25, -0.2) is 9.97 Å². The van der Waals surface area contributed by atoms with Crippen molar-refractivity contribution in [2.24, 2.45) is 0 Å². The minimum atomic E-state index is -0.0808. The molecule has 2 rings (SSSR count). The first kappa shape index (κ1) is 8.44. The van der Waals surface area contributed by atoms with E-state index in [4.69, 9.17) is 5.11 Å². The van der Waals surface area contributed by atoms with Gasteiger partial charge in [0.05, 0.1) is 0 Å². The first-order valence-electron chi connectivity index (χ1n) is 4.50. The Hall–Kier alpha value is -1.16. The molecule has 0 atom stereocenters. The van der Waals surface area contributed by atoms with E-state index in [-0.39, 0.29) is 6.61 Å². The molecule has 0 radical (unpaired) electrons. The molecule has 1 aromatic rings. The normalized spacial score (nSPS) is 15.7. The molecule has 2 heterocycles. The van der Waals surface area contributed by atoms with Crippen LogP contribution in [-0.2, 0) is 6.61 Å². The Balaban J connectivity index is 2.28. The fourth-order valence-corrected chi connectivity index (χ4v) is 1.39. The molecule has 1 saturated heterocycles. The van der Waals surface area contributed by atoms with E-state index in [9.17, 15) is 0 Å². The second-order valence-electron chi connectivity index (χ2n) is 3.28. The van der Waals surface area contributed by atoms with Crippen molar-refractivity contribution in [2.45, 2.75) is 20.0 Å². The zero-order valence-corrected chi connectivity index (χ0v) is 7.69. The van der Waals surface area contributed by atoms with E-state index in [2.05, 4.69) is 14.9 Å². The molecule has 1 N–H and O–H groups in total. The number of aryl methyl sites for hydroxylation is 1. The van der Waals surface area contributed by atoms with Gasteiger partial charge in [-0.15, -0.1) is 0 Å². The van der Waals surface area contributed by atoms with Crippen LogP contribution in [-0.4, -0.2) is 28.2 Å². The van der Waals surface area contributed by atoms with Gasteiger partial charge in [-0.1, -0.05) is 0 Å². The summed E-state index contributed by atoms with van der Waals surface area (Å²) in [6.07, 6.45) is 1.23. The molecular weight excluding hydrogens is 166 g/mol. The number of anilines is 1. The van der Waals surface area contributed by atoms with Gasteiger partial charge in [0.25, 0.3) is 0 Å². The van der Waals surface area contributed by atoms with Crippen LogP contribution in [0.1, 0.15) is 17.9 Å². The summed E-state index contributed by atoms with van der Waals surface area (Å²) >= 11 is 0. The fraction of sp³-hybridized carbons (Fsp3) is 0.556. The molecule has 4 nitrogen and oxygen atoms in total. The number of hydrogen-bond acceptors (Lipinski definition) is 4. The van der Waals surface area contributed by atoms with Crippen molar-refractivity contribution in [1.29, 1.82) is 0 Å². The highest BCUT2D eigenvalue weighted by Gasteiger charge is 2.16. The summed E-state index contributed by atoms with van der Waals surface area (Å²) in [4.78, 5) is 10.5. The third-order valence-electron chi connectivity index (χ3n) is 2.21. The third-order valence-corrected chi connectivity index (χ3v) is 2.21. The van der Waals surface area contributed by atoms with Crippen LogP contribution >= 0.6 is 0 Å². The summed E-state index contributed by atoms with van der Waals surface area (Å²) in [7, 11) is 0. The van der Waals surface area contributed by atoms with Crippen molar-refractivity contribution in [2.75, 3.05) is 18.0 Å². The molecule has 70 valence electrons. The Morgan fingerprint density at radius 3 is 2.77 bits per heavy atom. The van der Waals surface area contributed by atoms with Crippen LogP contribution in [0.5, 0.6) is 0 Å². The van der Waals surface area contributed by atoms with E-state index in [1.807, 2.05) is 13.0 Å². The van der Waals surface area contributed by atoms with Gasteiger partial charge in [-0.2, -0.15) is 0 Å². The van der Waals surface area contributed by atoms with Gasteiger partial charge in [-0.05, 0) is 13.3 Å². The molecule has 0 unspecified atom stereocenters. The maximum absolute atomic E-state index is 8.92. The molecule has 0 saturated carbocycles. The summed E-state index contributed by atoms with van der Waals surface area (Å²) in [6, 6.07) is 1.96. The molecule has 0 bridgehead atoms. The van der Waals surface area contributed by atoms with Crippen LogP contribution in [0.2, 0.25) is 0 Å². The van der Waals surface area contributed by atoms with E-state index < -0.39 is 0 Å². The lowest BCUT2D eigenvalue weighted by Gasteiger charge is -2.32. The molecule has 0 spiro atoms. The lowest BCUT2D eigenvalue weighted by atomic mass is 10.2. The van der Waals surface area contributed by atoms with Crippen molar-refractivity contribution >= 4 is 5.82 Å². The second-order valence-corrected chi connectivity index (χ2v) is 3.28. The Morgan fingerprint density at radius 2 is 2.23 bits per heavy atom. The SMILES string of the molecule is Cc1cc(N2CCC2)nc(CO)n1. The lowest BCUT2D eigenvalue weighted by molar-refractivity contribution is 0.271. The van der Waals surface area contributed by atoms with E-state index >= 15 is 0 Å². The number of aromatic nitrogens is 2. The highest BCUT2D eigenvalue weighted by molar-refractivity contribution is 5.41. The van der Waals surface area contributed by atoms with Gasteiger partial charge in [0, 0.05) is 24.8 Å². The highest BCUT2D eigenvalue weighted by atomic mass is 16.3. The maximum atomic E-state index is 8.92. The van der Waals surface area contributed by atoms with Gasteiger partial charge in [0.15, 0.2) is 5.82 Å². The molecule has 0 aromatic carbocycles. The predicted molar refractivity (Wildman–Crippen MR) is 49.5 cm³/mol. The van der Waals surface area contributed by atoms with Crippen LogP contribution in [0, 0.1) is 6.92 Å². The van der Waals surface area contributed by atoms with Crippen LogP contribution in [0.4, 0.5) is 5.82 Å². The zero-order chi connectivity index (χ0) is 9.26. The van der Waals surface area contributed by atoms with Crippen molar-refractivity contribution in [1.82, 2.24) is 9.97 Å². The molecule has 4 heteroatoms. The zero-order valence-electron chi connectivity index (χ0n) is 7.69. The maximum Gasteiger partial charge on any atom is 0.156 e. The van der Waals surface area contributed by atoms with Crippen molar-refractivity contribution in [3.05, 3.63) is 17.6 Å². The van der Waals surface area contributed by atoms with Gasteiger partial charge in [0.1, 0.15) is 12.4 Å². The largest absolute Gasteiger partial charge is 0.388 e. The van der Waals surface area contributed by atoms with Crippen LogP contribution in [0.15, 0.2) is 6.07 Å². The smallest absolute Gasteiger partial charge is 0.156 e. The topological polar surface area (TPSA) is 49.2 Å². The fourth-order valence-electron chi connectivity index (χ4n) is 1.39. The van der Waals surface area contributed by atoms with Crippen molar-refractivity contribution in [3.63, 3.8) is 0 Å². The predicted octanol–water partition coefficient (Wildman–Crippen LogP) is 0.487.